The third-order valence-corrected chi connectivity index (χ3v) is 7.11. The highest BCUT2D eigenvalue weighted by atomic mass is 16.5. The summed E-state index contributed by atoms with van der Waals surface area (Å²) < 4.78 is 6.07. The van der Waals surface area contributed by atoms with Gasteiger partial charge in [-0.05, 0) is 49.9 Å². The molecule has 9 nitrogen and oxygen atoms in total. The zero-order valence-corrected chi connectivity index (χ0v) is 20.5. The Labute approximate surface area is 206 Å². The zero-order chi connectivity index (χ0) is 24.4. The number of hydrogen-bond donors (Lipinski definition) is 2. The van der Waals surface area contributed by atoms with Gasteiger partial charge >= 0.3 is 6.03 Å². The summed E-state index contributed by atoms with van der Waals surface area (Å²) in [6.07, 6.45) is 5.99. The van der Waals surface area contributed by atoms with Crippen molar-refractivity contribution < 1.29 is 14.3 Å². The van der Waals surface area contributed by atoms with E-state index >= 15 is 0 Å². The van der Waals surface area contributed by atoms with Gasteiger partial charge in [-0.15, -0.1) is 0 Å². The number of benzene rings is 1. The van der Waals surface area contributed by atoms with Crippen LogP contribution in [0.3, 0.4) is 0 Å². The van der Waals surface area contributed by atoms with Gasteiger partial charge in [-0.1, -0.05) is 13.3 Å². The number of anilines is 2. The molecule has 3 aliphatic rings. The highest BCUT2D eigenvalue weighted by Gasteiger charge is 2.36. The van der Waals surface area contributed by atoms with Crippen LogP contribution in [0.4, 0.5) is 16.3 Å². The van der Waals surface area contributed by atoms with E-state index < -0.39 is 0 Å². The lowest BCUT2D eigenvalue weighted by molar-refractivity contribution is -0.132. The first-order valence-corrected chi connectivity index (χ1v) is 12.7. The van der Waals surface area contributed by atoms with Gasteiger partial charge in [0.1, 0.15) is 5.82 Å². The number of nitrogens with zero attached hydrogens (tertiary/aromatic N) is 4. The molecule has 2 saturated heterocycles. The maximum atomic E-state index is 12.8. The molecule has 2 N–H and O–H groups in total. The Kier molecular flexibility index (Phi) is 6.86. The highest BCUT2D eigenvalue weighted by molar-refractivity contribution is 5.89. The molecule has 9 heteroatoms. The van der Waals surface area contributed by atoms with Gasteiger partial charge in [0.05, 0.1) is 24.4 Å². The van der Waals surface area contributed by atoms with Gasteiger partial charge in [0.25, 0.3) is 0 Å². The van der Waals surface area contributed by atoms with E-state index in [4.69, 9.17) is 14.7 Å². The van der Waals surface area contributed by atoms with E-state index in [-0.39, 0.29) is 24.1 Å². The summed E-state index contributed by atoms with van der Waals surface area (Å²) in [5, 5.41) is 5.33. The lowest BCUT2D eigenvalue weighted by Crippen LogP contribution is -2.44. The Hall–Kier alpha value is -3.20. The second kappa shape index (κ2) is 10.2. The largest absolute Gasteiger partial charge is 0.371 e. The molecule has 5 rings (SSSR count). The molecule has 1 aromatic heterocycles. The van der Waals surface area contributed by atoms with Crippen molar-refractivity contribution in [1.29, 1.82) is 0 Å². The summed E-state index contributed by atoms with van der Waals surface area (Å²) in [5.41, 5.74) is 3.67. The molecular formula is C26H34N6O3. The van der Waals surface area contributed by atoms with Crippen LogP contribution in [0, 0.1) is 0 Å². The molecule has 0 spiro atoms. The van der Waals surface area contributed by atoms with Crippen molar-refractivity contribution in [1.82, 2.24) is 20.2 Å². The van der Waals surface area contributed by atoms with Crippen LogP contribution in [0.25, 0.3) is 11.4 Å². The summed E-state index contributed by atoms with van der Waals surface area (Å²) in [4.78, 5) is 38.7. The van der Waals surface area contributed by atoms with Crippen molar-refractivity contribution in [2.75, 3.05) is 36.9 Å². The van der Waals surface area contributed by atoms with Gasteiger partial charge in [-0.2, -0.15) is 0 Å². The molecule has 0 aliphatic carbocycles. The molecule has 4 heterocycles. The first kappa shape index (κ1) is 23.5. The van der Waals surface area contributed by atoms with Crippen LogP contribution in [0.1, 0.15) is 50.3 Å². The van der Waals surface area contributed by atoms with Crippen LogP contribution in [0.15, 0.2) is 24.3 Å². The monoisotopic (exact) mass is 478 g/mol. The van der Waals surface area contributed by atoms with E-state index in [0.29, 0.717) is 31.0 Å². The van der Waals surface area contributed by atoms with Gasteiger partial charge in [0.2, 0.25) is 5.91 Å². The van der Waals surface area contributed by atoms with E-state index in [1.54, 1.807) is 7.05 Å². The van der Waals surface area contributed by atoms with E-state index in [9.17, 15) is 9.59 Å². The molecule has 2 bridgehead atoms. The molecule has 2 aromatic rings. The third kappa shape index (κ3) is 5.10. The van der Waals surface area contributed by atoms with Crippen molar-refractivity contribution in [3.05, 3.63) is 35.5 Å². The van der Waals surface area contributed by atoms with Crippen molar-refractivity contribution in [2.24, 2.45) is 0 Å². The summed E-state index contributed by atoms with van der Waals surface area (Å²) in [7, 11) is 1.58. The maximum absolute atomic E-state index is 12.8. The number of morpholine rings is 1. The second-order valence-corrected chi connectivity index (χ2v) is 9.61. The number of nitrogens with one attached hydrogen (secondary N) is 2. The summed E-state index contributed by atoms with van der Waals surface area (Å²) in [6, 6.07) is 7.28. The topological polar surface area (TPSA) is 99.7 Å². The van der Waals surface area contributed by atoms with Gasteiger partial charge in [0.15, 0.2) is 5.82 Å². The number of ether oxygens (including phenoxy) is 1. The van der Waals surface area contributed by atoms with E-state index in [1.165, 1.54) is 0 Å². The molecule has 2 unspecified atom stereocenters. The average Bonchev–Trinajstić information content (AvgIpc) is 3.23. The Morgan fingerprint density at radius 2 is 1.86 bits per heavy atom. The smallest absolute Gasteiger partial charge is 0.318 e. The minimum Gasteiger partial charge on any atom is -0.371 e. The predicted octanol–water partition coefficient (Wildman–Crippen LogP) is 3.34. The second-order valence-electron chi connectivity index (χ2n) is 9.61. The molecule has 2 fully saturated rings. The minimum atomic E-state index is -0.264. The van der Waals surface area contributed by atoms with Crippen LogP contribution in [0.5, 0.6) is 0 Å². The summed E-state index contributed by atoms with van der Waals surface area (Å²) in [6.45, 7) is 5.02. The molecular weight excluding hydrogens is 444 g/mol. The lowest BCUT2D eigenvalue weighted by atomic mass is 10.0. The fourth-order valence-corrected chi connectivity index (χ4v) is 5.18. The van der Waals surface area contributed by atoms with Crippen molar-refractivity contribution >= 4 is 23.4 Å². The maximum Gasteiger partial charge on any atom is 0.318 e. The summed E-state index contributed by atoms with van der Waals surface area (Å²) >= 11 is 0. The SMILES string of the molecule is CCCCC(=O)N1CCc2c(nc(-c3ccc(NC(=O)NC)cc3)nc2N2CC3CCC(C2)O3)C1. The van der Waals surface area contributed by atoms with Crippen molar-refractivity contribution in [2.45, 2.75) is 64.2 Å². The molecule has 35 heavy (non-hydrogen) atoms. The average molecular weight is 479 g/mol. The van der Waals surface area contributed by atoms with Gasteiger partial charge < -0.3 is 25.2 Å². The molecule has 186 valence electrons. The molecule has 3 amide bonds. The van der Waals surface area contributed by atoms with Crippen LogP contribution >= 0.6 is 0 Å². The first-order chi connectivity index (χ1) is 17.0. The zero-order valence-electron chi connectivity index (χ0n) is 20.5. The number of aromatic nitrogens is 2. The van der Waals surface area contributed by atoms with Crippen LogP contribution in [-0.4, -0.2) is 65.7 Å². The normalized spacial score (nSPS) is 21.0. The number of hydrogen-bond acceptors (Lipinski definition) is 6. The lowest BCUT2D eigenvalue weighted by Gasteiger charge is -2.36. The number of fused-ring (bicyclic) bond motifs is 3. The molecule has 3 aliphatic heterocycles. The third-order valence-electron chi connectivity index (χ3n) is 7.11. The summed E-state index contributed by atoms with van der Waals surface area (Å²) in [5.74, 6) is 1.83. The number of amides is 3. The Balaban J connectivity index is 1.47. The Bertz CT molecular complexity index is 1080. The van der Waals surface area contributed by atoms with Crippen molar-refractivity contribution in [3.8, 4) is 11.4 Å². The Morgan fingerprint density at radius 3 is 2.54 bits per heavy atom. The predicted molar refractivity (Wildman–Crippen MR) is 134 cm³/mol. The van der Waals surface area contributed by atoms with Crippen LogP contribution in [-0.2, 0) is 22.5 Å². The molecule has 2 atom stereocenters. The Morgan fingerprint density at radius 1 is 1.11 bits per heavy atom. The van der Waals surface area contributed by atoms with Gasteiger partial charge in [-0.25, -0.2) is 14.8 Å². The van der Waals surface area contributed by atoms with Gasteiger partial charge in [0, 0.05) is 49.9 Å². The fraction of sp³-hybridized carbons (Fsp3) is 0.538. The van der Waals surface area contributed by atoms with Crippen molar-refractivity contribution in [3.63, 3.8) is 0 Å². The minimum absolute atomic E-state index is 0.202. The van der Waals surface area contributed by atoms with E-state index in [1.807, 2.05) is 29.2 Å². The number of urea groups is 1. The van der Waals surface area contributed by atoms with Gasteiger partial charge in [-0.3, -0.25) is 4.79 Å². The van der Waals surface area contributed by atoms with E-state index in [0.717, 1.165) is 67.8 Å². The van der Waals surface area contributed by atoms with Crippen LogP contribution in [0.2, 0.25) is 0 Å². The molecule has 0 saturated carbocycles. The molecule has 1 aromatic carbocycles. The fourth-order valence-electron chi connectivity index (χ4n) is 5.18. The standard InChI is InChI=1S/C26H34N6O3/c1-3-4-5-23(33)31-13-12-21-22(16-31)29-24(17-6-8-18(9-7-17)28-26(34)27-2)30-25(21)32-14-19-10-11-20(15-32)35-19/h6-9,19-20H,3-5,10-16H2,1-2H3,(H2,27,28,34). The molecule has 0 radical (unpaired) electrons. The van der Waals surface area contributed by atoms with E-state index in [2.05, 4.69) is 22.5 Å². The number of carbonyl (C=O) groups excluding carboxylic acids is 2. The highest BCUT2D eigenvalue weighted by Crippen LogP contribution is 2.34. The quantitative estimate of drug-likeness (QED) is 0.661. The van der Waals surface area contributed by atoms with Crippen LogP contribution < -0.4 is 15.5 Å². The first-order valence-electron chi connectivity index (χ1n) is 12.7. The number of carbonyl (C=O) groups is 2. The number of rotatable bonds is 6. The number of unbranched alkanes of at least 4 members (excludes halogenated alkanes) is 1.